The van der Waals surface area contributed by atoms with Crippen LogP contribution in [0.25, 0.3) is 0 Å². The number of likely N-dealkylation sites (N-methyl/N-ethyl adjacent to an activating group) is 1. The summed E-state index contributed by atoms with van der Waals surface area (Å²) in [4.78, 5) is 28.5. The second-order valence-corrected chi connectivity index (χ2v) is 6.24. The van der Waals surface area contributed by atoms with Gasteiger partial charge in [-0.3, -0.25) is 9.59 Å². The Morgan fingerprint density at radius 2 is 1.84 bits per heavy atom. The molecule has 1 aromatic rings. The predicted molar refractivity (Wildman–Crippen MR) is 97.3 cm³/mol. The average molecular weight is 348 g/mol. The van der Waals surface area contributed by atoms with Crippen molar-refractivity contribution in [1.29, 1.82) is 0 Å². The quantitative estimate of drug-likeness (QED) is 0.740. The van der Waals surface area contributed by atoms with Crippen LogP contribution in [0.2, 0.25) is 0 Å². The topological polar surface area (TPSA) is 87.9 Å². The van der Waals surface area contributed by atoms with E-state index in [1.54, 1.807) is 12.1 Å². The van der Waals surface area contributed by atoms with Gasteiger partial charge in [0.05, 0.1) is 13.0 Å². The third-order valence-electron chi connectivity index (χ3n) is 4.43. The fourth-order valence-corrected chi connectivity index (χ4v) is 2.80. The zero-order valence-electron chi connectivity index (χ0n) is 15.0. The highest BCUT2D eigenvalue weighted by molar-refractivity contribution is 5.94. The van der Waals surface area contributed by atoms with Crippen molar-refractivity contribution in [2.24, 2.45) is 5.73 Å². The van der Waals surface area contributed by atoms with Crippen molar-refractivity contribution >= 4 is 17.5 Å². The molecule has 7 nitrogen and oxygen atoms in total. The molecule has 0 saturated carbocycles. The summed E-state index contributed by atoms with van der Waals surface area (Å²) in [6.07, 6.45) is 0.379. The smallest absolute Gasteiger partial charge is 0.243 e. The van der Waals surface area contributed by atoms with Gasteiger partial charge >= 0.3 is 0 Å². The van der Waals surface area contributed by atoms with E-state index in [2.05, 4.69) is 17.1 Å². The van der Waals surface area contributed by atoms with Crippen LogP contribution >= 0.6 is 0 Å². The van der Waals surface area contributed by atoms with E-state index < -0.39 is 6.04 Å². The molecule has 1 aromatic carbocycles. The molecule has 2 rings (SSSR count). The number of methoxy groups -OCH3 is 1. The molecule has 0 aromatic heterocycles. The van der Waals surface area contributed by atoms with Crippen molar-refractivity contribution in [1.82, 2.24) is 9.80 Å². The van der Waals surface area contributed by atoms with E-state index in [-0.39, 0.29) is 18.4 Å². The predicted octanol–water partition coefficient (Wildman–Crippen LogP) is 0.305. The van der Waals surface area contributed by atoms with Gasteiger partial charge in [-0.2, -0.15) is 0 Å². The number of hydrogen-bond donors (Lipinski definition) is 2. The Bertz CT molecular complexity index is 568. The van der Waals surface area contributed by atoms with E-state index in [9.17, 15) is 9.59 Å². The second kappa shape index (κ2) is 9.50. The summed E-state index contributed by atoms with van der Waals surface area (Å²) in [5, 5.41) is 2.74. The van der Waals surface area contributed by atoms with Gasteiger partial charge in [-0.1, -0.05) is 19.1 Å². The lowest BCUT2D eigenvalue weighted by Crippen LogP contribution is -2.48. The fraction of sp³-hybridized carbons (Fsp3) is 0.556. The highest BCUT2D eigenvalue weighted by Gasteiger charge is 2.20. The molecular formula is C18H28N4O3. The number of anilines is 1. The van der Waals surface area contributed by atoms with Crippen LogP contribution in [-0.4, -0.2) is 74.1 Å². The summed E-state index contributed by atoms with van der Waals surface area (Å²) in [6.45, 7) is 6.80. The molecule has 25 heavy (non-hydrogen) atoms. The first-order valence-corrected chi connectivity index (χ1v) is 8.68. The Hall–Kier alpha value is -1.96. The number of hydrogen-bond acceptors (Lipinski definition) is 5. The molecule has 1 aliphatic rings. The first-order chi connectivity index (χ1) is 12.0. The molecule has 0 bridgehead atoms. The minimum absolute atomic E-state index is 0.148. The maximum Gasteiger partial charge on any atom is 0.243 e. The molecule has 0 spiro atoms. The molecule has 0 aliphatic carbocycles. The van der Waals surface area contributed by atoms with Crippen LogP contribution < -0.4 is 11.1 Å². The molecule has 0 radical (unpaired) electrons. The van der Waals surface area contributed by atoms with Crippen LogP contribution in [0, 0.1) is 0 Å². The first kappa shape index (κ1) is 19.4. The molecule has 1 aliphatic heterocycles. The van der Waals surface area contributed by atoms with Crippen LogP contribution in [-0.2, 0) is 20.7 Å². The Kier molecular flexibility index (Phi) is 7.36. The molecule has 1 atom stereocenters. The number of ether oxygens (including phenoxy) is 1. The summed E-state index contributed by atoms with van der Waals surface area (Å²) in [6, 6.07) is 6.59. The minimum atomic E-state index is -0.701. The Balaban J connectivity index is 1.83. The summed E-state index contributed by atoms with van der Waals surface area (Å²) in [7, 11) is 1.50. The van der Waals surface area contributed by atoms with Crippen LogP contribution in [0.4, 0.5) is 5.69 Å². The zero-order chi connectivity index (χ0) is 18.2. The highest BCUT2D eigenvalue weighted by Crippen LogP contribution is 2.12. The summed E-state index contributed by atoms with van der Waals surface area (Å²) >= 11 is 0. The molecule has 138 valence electrons. The van der Waals surface area contributed by atoms with Crippen LogP contribution in [0.1, 0.15) is 12.5 Å². The number of nitrogens with two attached hydrogens (primary N) is 1. The third-order valence-corrected chi connectivity index (χ3v) is 4.43. The maximum atomic E-state index is 12.4. The lowest BCUT2D eigenvalue weighted by molar-refractivity contribution is -0.132. The Morgan fingerprint density at radius 1 is 1.20 bits per heavy atom. The molecular weight excluding hydrogens is 320 g/mol. The van der Waals surface area contributed by atoms with Crippen LogP contribution in [0.3, 0.4) is 0 Å². The van der Waals surface area contributed by atoms with Gasteiger partial charge in [0.15, 0.2) is 0 Å². The van der Waals surface area contributed by atoms with Crippen molar-refractivity contribution in [3.05, 3.63) is 29.8 Å². The number of nitrogens with zero attached hydrogens (tertiary/aromatic N) is 2. The molecule has 2 amide bonds. The highest BCUT2D eigenvalue weighted by atomic mass is 16.5. The van der Waals surface area contributed by atoms with Crippen molar-refractivity contribution in [3.63, 3.8) is 0 Å². The number of rotatable bonds is 7. The van der Waals surface area contributed by atoms with Gasteiger partial charge in [0.1, 0.15) is 6.04 Å². The van der Waals surface area contributed by atoms with Gasteiger partial charge in [0.25, 0.3) is 0 Å². The minimum Gasteiger partial charge on any atom is -0.383 e. The second-order valence-electron chi connectivity index (χ2n) is 6.24. The molecule has 7 heteroatoms. The third kappa shape index (κ3) is 5.81. The van der Waals surface area contributed by atoms with E-state index in [1.165, 1.54) is 7.11 Å². The van der Waals surface area contributed by atoms with Crippen molar-refractivity contribution in [2.75, 3.05) is 51.8 Å². The number of carbonyl (C=O) groups is 2. The van der Waals surface area contributed by atoms with Crippen LogP contribution in [0.15, 0.2) is 24.3 Å². The van der Waals surface area contributed by atoms with Gasteiger partial charge in [-0.25, -0.2) is 0 Å². The SMILES string of the molecule is CCN1CCN(C(=O)Cc2ccc(NC(=O)C(N)COC)cc2)CC1. The average Bonchev–Trinajstić information content (AvgIpc) is 2.63. The fourth-order valence-electron chi connectivity index (χ4n) is 2.80. The Morgan fingerprint density at radius 3 is 2.40 bits per heavy atom. The van der Waals surface area contributed by atoms with E-state index in [4.69, 9.17) is 10.5 Å². The number of piperazine rings is 1. The summed E-state index contributed by atoms with van der Waals surface area (Å²) in [5.41, 5.74) is 7.27. The van der Waals surface area contributed by atoms with E-state index in [1.807, 2.05) is 17.0 Å². The van der Waals surface area contributed by atoms with E-state index in [0.717, 1.165) is 38.3 Å². The van der Waals surface area contributed by atoms with Crippen molar-refractivity contribution < 1.29 is 14.3 Å². The summed E-state index contributed by atoms with van der Waals surface area (Å²) < 4.78 is 4.87. The molecule has 1 saturated heterocycles. The lowest BCUT2D eigenvalue weighted by atomic mass is 10.1. The zero-order valence-corrected chi connectivity index (χ0v) is 15.0. The number of carbonyl (C=O) groups excluding carboxylic acids is 2. The normalized spacial score (nSPS) is 16.5. The molecule has 3 N–H and O–H groups in total. The number of benzene rings is 1. The van der Waals surface area contributed by atoms with Gasteiger partial charge in [0.2, 0.25) is 11.8 Å². The summed E-state index contributed by atoms with van der Waals surface area (Å²) in [5.74, 6) is -0.144. The maximum absolute atomic E-state index is 12.4. The first-order valence-electron chi connectivity index (χ1n) is 8.68. The van der Waals surface area contributed by atoms with Gasteiger partial charge in [0, 0.05) is 39.0 Å². The van der Waals surface area contributed by atoms with Gasteiger partial charge < -0.3 is 25.6 Å². The van der Waals surface area contributed by atoms with Crippen molar-refractivity contribution in [2.45, 2.75) is 19.4 Å². The monoisotopic (exact) mass is 348 g/mol. The largest absolute Gasteiger partial charge is 0.383 e. The molecule has 1 unspecified atom stereocenters. The van der Waals surface area contributed by atoms with Gasteiger partial charge in [-0.15, -0.1) is 0 Å². The van der Waals surface area contributed by atoms with E-state index in [0.29, 0.717) is 12.1 Å². The van der Waals surface area contributed by atoms with Crippen LogP contribution in [0.5, 0.6) is 0 Å². The Labute approximate surface area is 149 Å². The van der Waals surface area contributed by atoms with E-state index >= 15 is 0 Å². The standard InChI is InChI=1S/C18H28N4O3/c1-3-21-8-10-22(11-9-21)17(23)12-14-4-6-15(7-5-14)20-18(24)16(19)13-25-2/h4-7,16H,3,8-13,19H2,1-2H3,(H,20,24). The number of nitrogens with one attached hydrogen (secondary N) is 1. The lowest BCUT2D eigenvalue weighted by Gasteiger charge is -2.34. The van der Waals surface area contributed by atoms with Gasteiger partial charge in [-0.05, 0) is 24.2 Å². The molecule has 1 heterocycles. The van der Waals surface area contributed by atoms with Crippen molar-refractivity contribution in [3.8, 4) is 0 Å². The number of amides is 2. The molecule has 1 fully saturated rings.